The van der Waals surface area contributed by atoms with E-state index < -0.39 is 0 Å². The molecule has 0 aliphatic carbocycles. The number of hydrogen-bond acceptors (Lipinski definition) is 3. The predicted octanol–water partition coefficient (Wildman–Crippen LogP) is 2.90. The number of nitrogens with zero attached hydrogens (tertiary/aromatic N) is 2. The average Bonchev–Trinajstić information content (AvgIpc) is 2.40. The van der Waals surface area contributed by atoms with Gasteiger partial charge in [0.1, 0.15) is 0 Å². The Hall–Kier alpha value is -2.07. The standard InChI is InChI=1S/C14H14ClN3O/c1-9-3-4-10(15)7-11(9)14(19)18(2)13-5-6-17-8-12(13)16/h3-8H,16H2,1-2H3. The zero-order chi connectivity index (χ0) is 14.0. The van der Waals surface area contributed by atoms with Crippen molar-refractivity contribution in [1.29, 1.82) is 0 Å². The number of benzene rings is 1. The van der Waals surface area contributed by atoms with Crippen molar-refractivity contribution < 1.29 is 4.79 Å². The van der Waals surface area contributed by atoms with Crippen LogP contribution in [0.15, 0.2) is 36.7 Å². The van der Waals surface area contributed by atoms with E-state index in [1.54, 1.807) is 31.4 Å². The Balaban J connectivity index is 2.39. The lowest BCUT2D eigenvalue weighted by Gasteiger charge is -2.20. The SMILES string of the molecule is Cc1ccc(Cl)cc1C(=O)N(C)c1ccncc1N. The molecule has 0 aliphatic heterocycles. The van der Waals surface area contributed by atoms with E-state index in [4.69, 9.17) is 17.3 Å². The van der Waals surface area contributed by atoms with Gasteiger partial charge in [-0.2, -0.15) is 0 Å². The van der Waals surface area contributed by atoms with Gasteiger partial charge in [0.25, 0.3) is 5.91 Å². The summed E-state index contributed by atoms with van der Waals surface area (Å²) in [6.45, 7) is 1.87. The topological polar surface area (TPSA) is 59.2 Å². The zero-order valence-electron chi connectivity index (χ0n) is 10.7. The molecule has 0 unspecified atom stereocenters. The summed E-state index contributed by atoms with van der Waals surface area (Å²) < 4.78 is 0. The lowest BCUT2D eigenvalue weighted by atomic mass is 10.1. The first-order chi connectivity index (χ1) is 9.00. The molecule has 19 heavy (non-hydrogen) atoms. The molecule has 1 aromatic heterocycles. The number of aryl methyl sites for hydroxylation is 1. The van der Waals surface area contributed by atoms with Gasteiger partial charge in [0.2, 0.25) is 0 Å². The fourth-order valence-electron chi connectivity index (χ4n) is 1.82. The van der Waals surface area contributed by atoms with E-state index in [1.807, 2.05) is 13.0 Å². The van der Waals surface area contributed by atoms with Crippen LogP contribution in [0.1, 0.15) is 15.9 Å². The summed E-state index contributed by atoms with van der Waals surface area (Å²) in [5.41, 5.74) is 8.33. The normalized spacial score (nSPS) is 10.3. The van der Waals surface area contributed by atoms with Crippen LogP contribution in [-0.2, 0) is 0 Å². The molecule has 0 fully saturated rings. The van der Waals surface area contributed by atoms with Crippen LogP contribution in [0.25, 0.3) is 0 Å². The molecule has 0 saturated carbocycles. The Labute approximate surface area is 116 Å². The maximum atomic E-state index is 12.5. The van der Waals surface area contributed by atoms with E-state index in [0.717, 1.165) is 5.56 Å². The van der Waals surface area contributed by atoms with Gasteiger partial charge in [0, 0.05) is 23.8 Å². The van der Waals surface area contributed by atoms with E-state index in [0.29, 0.717) is 22.0 Å². The third-order valence-corrected chi connectivity index (χ3v) is 3.16. The summed E-state index contributed by atoms with van der Waals surface area (Å²) in [5.74, 6) is -0.155. The van der Waals surface area contributed by atoms with Gasteiger partial charge < -0.3 is 10.6 Å². The predicted molar refractivity (Wildman–Crippen MR) is 77.6 cm³/mol. The van der Waals surface area contributed by atoms with Gasteiger partial charge in [-0.1, -0.05) is 17.7 Å². The van der Waals surface area contributed by atoms with Crippen molar-refractivity contribution in [3.8, 4) is 0 Å². The van der Waals surface area contributed by atoms with Gasteiger partial charge in [0.15, 0.2) is 0 Å². The second-order valence-electron chi connectivity index (χ2n) is 4.26. The molecule has 2 aromatic rings. The number of carbonyl (C=O) groups excluding carboxylic acids is 1. The molecule has 0 aliphatic rings. The van der Waals surface area contributed by atoms with Crippen molar-refractivity contribution in [3.05, 3.63) is 52.8 Å². The van der Waals surface area contributed by atoms with Crippen LogP contribution in [-0.4, -0.2) is 17.9 Å². The van der Waals surface area contributed by atoms with Gasteiger partial charge in [0.05, 0.1) is 17.6 Å². The van der Waals surface area contributed by atoms with Gasteiger partial charge in [-0.05, 0) is 30.7 Å². The van der Waals surface area contributed by atoms with Crippen molar-refractivity contribution in [3.63, 3.8) is 0 Å². The molecular weight excluding hydrogens is 262 g/mol. The first kappa shape index (κ1) is 13.4. The molecular formula is C14H14ClN3O. The van der Waals surface area contributed by atoms with Crippen molar-refractivity contribution in [2.75, 3.05) is 17.7 Å². The van der Waals surface area contributed by atoms with E-state index in [1.165, 1.54) is 11.1 Å². The molecule has 1 heterocycles. The lowest BCUT2D eigenvalue weighted by molar-refractivity contribution is 0.0992. The third-order valence-electron chi connectivity index (χ3n) is 2.92. The Morgan fingerprint density at radius 3 is 2.79 bits per heavy atom. The van der Waals surface area contributed by atoms with Crippen molar-refractivity contribution in [2.24, 2.45) is 0 Å². The van der Waals surface area contributed by atoms with Crippen molar-refractivity contribution in [1.82, 2.24) is 4.98 Å². The fourth-order valence-corrected chi connectivity index (χ4v) is 1.99. The molecule has 0 spiro atoms. The van der Waals surface area contributed by atoms with Crippen LogP contribution in [0.2, 0.25) is 5.02 Å². The number of anilines is 2. The maximum absolute atomic E-state index is 12.5. The third kappa shape index (κ3) is 2.69. The molecule has 0 bridgehead atoms. The summed E-state index contributed by atoms with van der Waals surface area (Å²) in [6.07, 6.45) is 3.12. The minimum absolute atomic E-state index is 0.155. The number of amides is 1. The first-order valence-electron chi connectivity index (χ1n) is 5.74. The molecule has 0 atom stereocenters. The number of halogens is 1. The Bertz CT molecular complexity index is 628. The number of pyridine rings is 1. The van der Waals surface area contributed by atoms with Crippen LogP contribution >= 0.6 is 11.6 Å². The number of aromatic nitrogens is 1. The van der Waals surface area contributed by atoms with Gasteiger partial charge in [-0.15, -0.1) is 0 Å². The van der Waals surface area contributed by atoms with Crippen molar-refractivity contribution >= 4 is 28.9 Å². The minimum Gasteiger partial charge on any atom is -0.396 e. The molecule has 98 valence electrons. The quantitative estimate of drug-likeness (QED) is 0.917. The highest BCUT2D eigenvalue weighted by Crippen LogP contribution is 2.24. The van der Waals surface area contributed by atoms with Gasteiger partial charge in [-0.25, -0.2) is 0 Å². The van der Waals surface area contributed by atoms with Crippen molar-refractivity contribution in [2.45, 2.75) is 6.92 Å². The maximum Gasteiger partial charge on any atom is 0.258 e. The van der Waals surface area contributed by atoms with E-state index in [2.05, 4.69) is 4.98 Å². The monoisotopic (exact) mass is 275 g/mol. The smallest absolute Gasteiger partial charge is 0.258 e. The Morgan fingerprint density at radius 2 is 2.11 bits per heavy atom. The highest BCUT2D eigenvalue weighted by Gasteiger charge is 2.17. The number of nitrogen functional groups attached to an aromatic ring is 1. The van der Waals surface area contributed by atoms with Crippen LogP contribution in [0.3, 0.4) is 0 Å². The number of rotatable bonds is 2. The zero-order valence-corrected chi connectivity index (χ0v) is 11.5. The summed E-state index contributed by atoms with van der Waals surface area (Å²) in [7, 11) is 1.67. The molecule has 0 radical (unpaired) electrons. The highest BCUT2D eigenvalue weighted by molar-refractivity contribution is 6.31. The molecule has 4 nitrogen and oxygen atoms in total. The lowest BCUT2D eigenvalue weighted by Crippen LogP contribution is -2.27. The molecule has 5 heteroatoms. The van der Waals surface area contributed by atoms with Crippen LogP contribution in [0.5, 0.6) is 0 Å². The van der Waals surface area contributed by atoms with E-state index in [-0.39, 0.29) is 5.91 Å². The molecule has 1 aromatic carbocycles. The van der Waals surface area contributed by atoms with Crippen LogP contribution < -0.4 is 10.6 Å². The molecule has 1 amide bonds. The largest absolute Gasteiger partial charge is 0.396 e. The van der Waals surface area contributed by atoms with E-state index in [9.17, 15) is 4.79 Å². The molecule has 2 rings (SSSR count). The molecule has 2 N–H and O–H groups in total. The fraction of sp³-hybridized carbons (Fsp3) is 0.143. The van der Waals surface area contributed by atoms with Crippen LogP contribution in [0, 0.1) is 6.92 Å². The Kier molecular flexibility index (Phi) is 3.71. The molecule has 0 saturated heterocycles. The summed E-state index contributed by atoms with van der Waals surface area (Å²) in [5, 5.41) is 0.532. The number of nitrogens with two attached hydrogens (primary N) is 1. The van der Waals surface area contributed by atoms with Gasteiger partial charge >= 0.3 is 0 Å². The second kappa shape index (κ2) is 5.28. The summed E-state index contributed by atoms with van der Waals surface area (Å²) in [4.78, 5) is 17.9. The number of carbonyl (C=O) groups is 1. The first-order valence-corrected chi connectivity index (χ1v) is 6.12. The summed E-state index contributed by atoms with van der Waals surface area (Å²) >= 11 is 5.94. The Morgan fingerprint density at radius 1 is 1.37 bits per heavy atom. The van der Waals surface area contributed by atoms with Crippen LogP contribution in [0.4, 0.5) is 11.4 Å². The average molecular weight is 276 g/mol. The van der Waals surface area contributed by atoms with Gasteiger partial charge in [-0.3, -0.25) is 9.78 Å². The summed E-state index contributed by atoms with van der Waals surface area (Å²) in [6, 6.07) is 6.94. The second-order valence-corrected chi connectivity index (χ2v) is 4.69. The van der Waals surface area contributed by atoms with E-state index >= 15 is 0 Å². The number of hydrogen-bond donors (Lipinski definition) is 1. The highest BCUT2D eigenvalue weighted by atomic mass is 35.5. The minimum atomic E-state index is -0.155.